The van der Waals surface area contributed by atoms with Gasteiger partial charge >= 0.3 is 5.97 Å². The van der Waals surface area contributed by atoms with Crippen molar-refractivity contribution in [2.45, 2.75) is 30.3 Å². The second-order valence-electron chi connectivity index (χ2n) is 4.71. The Labute approximate surface area is 127 Å². The molecule has 1 aliphatic rings. The van der Waals surface area contributed by atoms with Crippen LogP contribution in [0.5, 0.6) is 0 Å². The highest BCUT2D eigenvalue weighted by Crippen LogP contribution is 2.21. The van der Waals surface area contributed by atoms with Crippen molar-refractivity contribution >= 4 is 23.4 Å². The number of thioether (sulfide) groups is 1. The lowest BCUT2D eigenvalue weighted by Gasteiger charge is -2.21. The summed E-state index contributed by atoms with van der Waals surface area (Å²) >= 11 is 1.30. The van der Waals surface area contributed by atoms with Gasteiger partial charge < -0.3 is 9.47 Å². The number of hydrogen-bond donors (Lipinski definition) is 0. The Balaban J connectivity index is 1.69. The number of nitro benzene ring substituents is 1. The van der Waals surface area contributed by atoms with Crippen molar-refractivity contribution in [1.82, 2.24) is 0 Å². The van der Waals surface area contributed by atoms with E-state index in [1.807, 2.05) is 0 Å². The Morgan fingerprint density at radius 1 is 1.38 bits per heavy atom. The van der Waals surface area contributed by atoms with E-state index in [0.717, 1.165) is 30.8 Å². The molecule has 1 fully saturated rings. The second-order valence-corrected chi connectivity index (χ2v) is 5.76. The van der Waals surface area contributed by atoms with Crippen LogP contribution in [0.3, 0.4) is 0 Å². The molecule has 0 radical (unpaired) electrons. The third-order valence-corrected chi connectivity index (χ3v) is 4.09. The van der Waals surface area contributed by atoms with Gasteiger partial charge in [0.1, 0.15) is 6.61 Å². The fourth-order valence-electron chi connectivity index (χ4n) is 1.97. The van der Waals surface area contributed by atoms with Gasteiger partial charge in [-0.25, -0.2) is 0 Å². The quantitative estimate of drug-likeness (QED) is 0.348. The van der Waals surface area contributed by atoms with Gasteiger partial charge in [0, 0.05) is 23.6 Å². The van der Waals surface area contributed by atoms with E-state index in [-0.39, 0.29) is 23.5 Å². The zero-order valence-electron chi connectivity index (χ0n) is 11.5. The number of benzene rings is 1. The van der Waals surface area contributed by atoms with Gasteiger partial charge in [0.2, 0.25) is 0 Å². The van der Waals surface area contributed by atoms with E-state index in [1.54, 1.807) is 12.1 Å². The van der Waals surface area contributed by atoms with Crippen LogP contribution < -0.4 is 0 Å². The van der Waals surface area contributed by atoms with E-state index in [9.17, 15) is 14.9 Å². The van der Waals surface area contributed by atoms with Crippen LogP contribution in [0.1, 0.15) is 19.3 Å². The van der Waals surface area contributed by atoms with Crippen molar-refractivity contribution < 1.29 is 19.2 Å². The van der Waals surface area contributed by atoms with Crippen molar-refractivity contribution in [3.05, 3.63) is 34.4 Å². The molecule has 1 atom stereocenters. The normalized spacial score (nSPS) is 18.2. The number of nitrogens with zero attached hydrogens (tertiary/aromatic N) is 1. The van der Waals surface area contributed by atoms with E-state index in [4.69, 9.17) is 9.47 Å². The summed E-state index contributed by atoms with van der Waals surface area (Å²) in [5, 5.41) is 10.5. The molecule has 1 aliphatic heterocycles. The Bertz CT molecular complexity index is 485. The van der Waals surface area contributed by atoms with Gasteiger partial charge in [-0.15, -0.1) is 11.8 Å². The number of carbonyl (C=O) groups excluding carboxylic acids is 1. The molecule has 1 heterocycles. The molecule has 0 bridgehead atoms. The van der Waals surface area contributed by atoms with Gasteiger partial charge in [-0.1, -0.05) is 0 Å². The predicted molar refractivity (Wildman–Crippen MR) is 78.4 cm³/mol. The first-order valence-corrected chi connectivity index (χ1v) is 7.78. The van der Waals surface area contributed by atoms with Gasteiger partial charge in [-0.3, -0.25) is 14.9 Å². The number of hydrogen-bond acceptors (Lipinski definition) is 6. The summed E-state index contributed by atoms with van der Waals surface area (Å²) in [6, 6.07) is 6.09. The van der Waals surface area contributed by atoms with Crippen LogP contribution in [0.15, 0.2) is 29.2 Å². The zero-order chi connectivity index (χ0) is 15.1. The lowest BCUT2D eigenvalue weighted by Crippen LogP contribution is -2.26. The van der Waals surface area contributed by atoms with E-state index in [2.05, 4.69) is 0 Å². The van der Waals surface area contributed by atoms with Crippen LogP contribution >= 0.6 is 11.8 Å². The molecule has 0 amide bonds. The maximum Gasteiger partial charge on any atom is 0.316 e. The summed E-state index contributed by atoms with van der Waals surface area (Å²) < 4.78 is 10.7. The van der Waals surface area contributed by atoms with Crippen LogP contribution in [0.25, 0.3) is 0 Å². The molecule has 21 heavy (non-hydrogen) atoms. The number of nitro groups is 1. The molecule has 0 aromatic heterocycles. The minimum atomic E-state index is -0.452. The summed E-state index contributed by atoms with van der Waals surface area (Å²) in [7, 11) is 0. The molecule has 2 rings (SSSR count). The molecule has 0 aliphatic carbocycles. The lowest BCUT2D eigenvalue weighted by atomic mass is 10.1. The average Bonchev–Trinajstić information content (AvgIpc) is 2.52. The highest BCUT2D eigenvalue weighted by molar-refractivity contribution is 8.00. The van der Waals surface area contributed by atoms with Gasteiger partial charge in [0.15, 0.2) is 0 Å². The Hall–Kier alpha value is -1.60. The number of esters is 1. The highest BCUT2D eigenvalue weighted by Gasteiger charge is 2.16. The standard InChI is InChI=1S/C14H17NO5S/c16-14(20-9-12-3-1-2-8-19-12)10-21-13-6-4-11(5-7-13)15(17)18/h4-7,12H,1-3,8-10H2. The van der Waals surface area contributed by atoms with Crippen LogP contribution in [0, 0.1) is 10.1 Å². The SMILES string of the molecule is O=C(CSc1ccc([N+](=O)[O-])cc1)OCC1CCCCO1. The number of carbonyl (C=O) groups is 1. The first kappa shape index (κ1) is 15.8. The molecular formula is C14H17NO5S. The van der Waals surface area contributed by atoms with E-state index >= 15 is 0 Å². The summed E-state index contributed by atoms with van der Waals surface area (Å²) in [5.74, 6) is -0.114. The molecule has 7 heteroatoms. The molecule has 0 N–H and O–H groups in total. The van der Waals surface area contributed by atoms with Crippen molar-refractivity contribution in [2.24, 2.45) is 0 Å². The molecule has 1 aromatic rings. The Morgan fingerprint density at radius 3 is 2.76 bits per heavy atom. The first-order chi connectivity index (χ1) is 10.1. The second kappa shape index (κ2) is 7.99. The third kappa shape index (κ3) is 5.35. The summed E-state index contributed by atoms with van der Waals surface area (Å²) in [5.41, 5.74) is 0.0383. The molecule has 0 saturated carbocycles. The van der Waals surface area contributed by atoms with E-state index in [0.29, 0.717) is 6.61 Å². The van der Waals surface area contributed by atoms with Gasteiger partial charge in [0.25, 0.3) is 5.69 Å². The molecule has 0 spiro atoms. The minimum absolute atomic E-state index is 0.0204. The largest absolute Gasteiger partial charge is 0.462 e. The highest BCUT2D eigenvalue weighted by atomic mass is 32.2. The maximum atomic E-state index is 11.6. The molecule has 114 valence electrons. The van der Waals surface area contributed by atoms with E-state index in [1.165, 1.54) is 23.9 Å². The monoisotopic (exact) mass is 311 g/mol. The molecule has 1 aromatic carbocycles. The summed E-state index contributed by atoms with van der Waals surface area (Å²) in [6.07, 6.45) is 3.13. The smallest absolute Gasteiger partial charge is 0.316 e. The fourth-order valence-corrected chi connectivity index (χ4v) is 2.67. The topological polar surface area (TPSA) is 78.7 Å². The number of non-ortho nitro benzene ring substituents is 1. The lowest BCUT2D eigenvalue weighted by molar-refractivity contribution is -0.384. The van der Waals surface area contributed by atoms with Gasteiger partial charge in [-0.2, -0.15) is 0 Å². The average molecular weight is 311 g/mol. The number of rotatable bonds is 6. The zero-order valence-corrected chi connectivity index (χ0v) is 12.3. The van der Waals surface area contributed by atoms with Crippen LogP contribution in [0.2, 0.25) is 0 Å². The van der Waals surface area contributed by atoms with Crippen molar-refractivity contribution in [3.63, 3.8) is 0 Å². The van der Waals surface area contributed by atoms with Gasteiger partial charge in [0.05, 0.1) is 16.8 Å². The van der Waals surface area contributed by atoms with Crippen molar-refractivity contribution in [2.75, 3.05) is 19.0 Å². The van der Waals surface area contributed by atoms with Gasteiger partial charge in [-0.05, 0) is 31.4 Å². The Morgan fingerprint density at radius 2 is 2.14 bits per heavy atom. The van der Waals surface area contributed by atoms with Crippen LogP contribution in [-0.2, 0) is 14.3 Å². The molecule has 1 unspecified atom stereocenters. The fraction of sp³-hybridized carbons (Fsp3) is 0.500. The predicted octanol–water partition coefficient (Wildman–Crippen LogP) is 2.80. The van der Waals surface area contributed by atoms with Crippen LogP contribution in [-0.4, -0.2) is 36.0 Å². The first-order valence-electron chi connectivity index (χ1n) is 6.79. The van der Waals surface area contributed by atoms with Crippen molar-refractivity contribution in [3.8, 4) is 0 Å². The number of ether oxygens (including phenoxy) is 2. The minimum Gasteiger partial charge on any atom is -0.462 e. The summed E-state index contributed by atoms with van der Waals surface area (Å²) in [4.78, 5) is 22.5. The van der Waals surface area contributed by atoms with Crippen LogP contribution in [0.4, 0.5) is 5.69 Å². The molecule has 1 saturated heterocycles. The van der Waals surface area contributed by atoms with E-state index < -0.39 is 4.92 Å². The maximum absolute atomic E-state index is 11.6. The third-order valence-electron chi connectivity index (χ3n) is 3.11. The molecular weight excluding hydrogens is 294 g/mol. The molecule has 6 nitrogen and oxygen atoms in total. The van der Waals surface area contributed by atoms with Crippen molar-refractivity contribution in [1.29, 1.82) is 0 Å². The Kier molecular flexibility index (Phi) is 6.01. The summed E-state index contributed by atoms with van der Waals surface area (Å²) in [6.45, 7) is 1.04.